The predicted octanol–water partition coefficient (Wildman–Crippen LogP) is 0.932. The molecule has 18 heavy (non-hydrogen) atoms. The van der Waals surface area contributed by atoms with E-state index in [9.17, 15) is 14.7 Å². The van der Waals surface area contributed by atoms with Gasteiger partial charge in [0.05, 0.1) is 0 Å². The van der Waals surface area contributed by atoms with Crippen LogP contribution in [0.1, 0.15) is 5.56 Å². The van der Waals surface area contributed by atoms with Crippen molar-refractivity contribution in [1.82, 2.24) is 0 Å². The Balaban J connectivity index is 2.84. The molecule has 1 rings (SSSR count). The molecule has 0 radical (unpaired) electrons. The number of aliphatic carboxylic acids is 2. The van der Waals surface area contributed by atoms with E-state index in [2.05, 4.69) is 0 Å². The van der Waals surface area contributed by atoms with Crippen LogP contribution in [0.25, 0.3) is 0 Å². The Morgan fingerprint density at radius 2 is 1.78 bits per heavy atom. The molecule has 0 saturated heterocycles. The molecule has 5 heteroatoms. The van der Waals surface area contributed by atoms with Gasteiger partial charge in [0.2, 0.25) is 0 Å². The largest absolute Gasteiger partial charge is 0.479 e. The number of carboxylic acid groups (broad SMARTS) is 2. The second-order valence-corrected chi connectivity index (χ2v) is 3.83. The van der Waals surface area contributed by atoms with Gasteiger partial charge in [-0.25, -0.2) is 9.59 Å². The van der Waals surface area contributed by atoms with Crippen LogP contribution >= 0.6 is 0 Å². The Kier molecular flexibility index (Phi) is 5.07. The van der Waals surface area contributed by atoms with E-state index >= 15 is 0 Å². The Morgan fingerprint density at radius 3 is 2.28 bits per heavy atom. The van der Waals surface area contributed by atoms with Crippen molar-refractivity contribution in [1.29, 1.82) is 0 Å². The van der Waals surface area contributed by atoms with Crippen molar-refractivity contribution < 1.29 is 24.9 Å². The molecular formula is C13H14O5. The number of hydrogen-bond donors (Lipinski definition) is 3. The maximum Gasteiger partial charge on any atom is 0.333 e. The summed E-state index contributed by atoms with van der Waals surface area (Å²) in [7, 11) is 0. The topological polar surface area (TPSA) is 94.8 Å². The van der Waals surface area contributed by atoms with Crippen molar-refractivity contribution in [2.24, 2.45) is 5.92 Å². The number of carbonyl (C=O) groups is 2. The van der Waals surface area contributed by atoms with Gasteiger partial charge >= 0.3 is 11.9 Å². The van der Waals surface area contributed by atoms with Crippen molar-refractivity contribution in [3.8, 4) is 0 Å². The monoisotopic (exact) mass is 250 g/mol. The zero-order valence-corrected chi connectivity index (χ0v) is 9.56. The fourth-order valence-electron chi connectivity index (χ4n) is 1.56. The molecule has 0 bridgehead atoms. The van der Waals surface area contributed by atoms with E-state index in [1.165, 1.54) is 6.08 Å². The molecule has 0 fully saturated rings. The van der Waals surface area contributed by atoms with Crippen LogP contribution in [0.4, 0.5) is 0 Å². The third-order valence-electron chi connectivity index (χ3n) is 2.46. The van der Waals surface area contributed by atoms with Crippen LogP contribution in [0, 0.1) is 5.92 Å². The third kappa shape index (κ3) is 4.39. The van der Waals surface area contributed by atoms with Gasteiger partial charge in [-0.2, -0.15) is 0 Å². The highest BCUT2D eigenvalue weighted by Gasteiger charge is 2.23. The van der Waals surface area contributed by atoms with Gasteiger partial charge in [0.25, 0.3) is 0 Å². The fraction of sp³-hybridized carbons (Fsp3) is 0.231. The SMILES string of the molecule is O=C(O)/C=C/[C@H](Cc1ccccc1)[C@@H](O)C(=O)O. The minimum Gasteiger partial charge on any atom is -0.479 e. The first-order valence-corrected chi connectivity index (χ1v) is 5.36. The molecule has 0 aliphatic heterocycles. The standard InChI is InChI=1S/C13H14O5/c14-11(15)7-6-10(12(16)13(17)18)8-9-4-2-1-3-5-9/h1-7,10,12,16H,8H2,(H,14,15)(H,17,18)/b7-6+/t10-,12-/m1/s1. The van der Waals surface area contributed by atoms with Crippen molar-refractivity contribution >= 4 is 11.9 Å². The summed E-state index contributed by atoms with van der Waals surface area (Å²) in [6, 6.07) is 8.98. The lowest BCUT2D eigenvalue weighted by Crippen LogP contribution is -2.29. The second kappa shape index (κ2) is 6.56. The van der Waals surface area contributed by atoms with Gasteiger partial charge in [0.15, 0.2) is 6.10 Å². The summed E-state index contributed by atoms with van der Waals surface area (Å²) >= 11 is 0. The lowest BCUT2D eigenvalue weighted by Gasteiger charge is -2.16. The van der Waals surface area contributed by atoms with Gasteiger partial charge < -0.3 is 15.3 Å². The Bertz CT molecular complexity index is 438. The van der Waals surface area contributed by atoms with Gasteiger partial charge in [-0.05, 0) is 12.0 Å². The smallest absolute Gasteiger partial charge is 0.333 e. The summed E-state index contributed by atoms with van der Waals surface area (Å²) < 4.78 is 0. The number of hydrogen-bond acceptors (Lipinski definition) is 3. The first-order chi connectivity index (χ1) is 8.50. The summed E-state index contributed by atoms with van der Waals surface area (Å²) in [6.07, 6.45) is 0.687. The number of aliphatic hydroxyl groups excluding tert-OH is 1. The molecule has 0 aliphatic rings. The number of rotatable bonds is 6. The van der Waals surface area contributed by atoms with Crippen LogP contribution in [-0.2, 0) is 16.0 Å². The fourth-order valence-corrected chi connectivity index (χ4v) is 1.56. The van der Waals surface area contributed by atoms with Crippen molar-refractivity contribution in [3.63, 3.8) is 0 Å². The molecule has 0 aliphatic carbocycles. The molecule has 0 heterocycles. The van der Waals surface area contributed by atoms with Gasteiger partial charge in [-0.3, -0.25) is 0 Å². The van der Waals surface area contributed by atoms with E-state index < -0.39 is 24.0 Å². The molecule has 0 amide bonds. The maximum atomic E-state index is 10.7. The summed E-state index contributed by atoms with van der Waals surface area (Å²) in [6.45, 7) is 0. The van der Waals surface area contributed by atoms with Crippen LogP contribution in [0.3, 0.4) is 0 Å². The molecule has 1 aromatic rings. The Labute approximate surface area is 104 Å². The average molecular weight is 250 g/mol. The van der Waals surface area contributed by atoms with E-state index in [-0.39, 0.29) is 6.42 Å². The van der Waals surface area contributed by atoms with Crippen LogP contribution in [0.5, 0.6) is 0 Å². The quantitative estimate of drug-likeness (QED) is 0.653. The van der Waals surface area contributed by atoms with Crippen molar-refractivity contribution in [2.45, 2.75) is 12.5 Å². The summed E-state index contributed by atoms with van der Waals surface area (Å²) in [5.41, 5.74) is 0.831. The van der Waals surface area contributed by atoms with E-state index in [4.69, 9.17) is 10.2 Å². The minimum atomic E-state index is -1.62. The zero-order chi connectivity index (χ0) is 13.5. The Hall–Kier alpha value is -2.14. The second-order valence-electron chi connectivity index (χ2n) is 3.83. The Morgan fingerprint density at radius 1 is 1.17 bits per heavy atom. The van der Waals surface area contributed by atoms with E-state index in [1.54, 1.807) is 24.3 Å². The van der Waals surface area contributed by atoms with E-state index in [0.29, 0.717) is 0 Å². The molecule has 5 nitrogen and oxygen atoms in total. The maximum absolute atomic E-state index is 10.7. The van der Waals surface area contributed by atoms with Crippen LogP contribution in [0.15, 0.2) is 42.5 Å². The number of carboxylic acids is 2. The number of aliphatic hydroxyl groups is 1. The molecule has 2 atom stereocenters. The van der Waals surface area contributed by atoms with Crippen LogP contribution in [0.2, 0.25) is 0 Å². The molecule has 3 N–H and O–H groups in total. The predicted molar refractivity (Wildman–Crippen MR) is 64.1 cm³/mol. The highest BCUT2D eigenvalue weighted by Crippen LogP contribution is 2.14. The van der Waals surface area contributed by atoms with Gasteiger partial charge in [-0.15, -0.1) is 0 Å². The molecule has 0 spiro atoms. The van der Waals surface area contributed by atoms with Gasteiger partial charge in [0.1, 0.15) is 0 Å². The van der Waals surface area contributed by atoms with E-state index in [1.807, 2.05) is 6.07 Å². The highest BCUT2D eigenvalue weighted by molar-refractivity contribution is 5.80. The van der Waals surface area contributed by atoms with Gasteiger partial charge in [0, 0.05) is 12.0 Å². The average Bonchev–Trinajstić information content (AvgIpc) is 2.34. The summed E-state index contributed by atoms with van der Waals surface area (Å²) in [5.74, 6) is -3.32. The lowest BCUT2D eigenvalue weighted by atomic mass is 9.93. The highest BCUT2D eigenvalue weighted by atomic mass is 16.4. The normalized spacial score (nSPS) is 14.3. The van der Waals surface area contributed by atoms with Crippen LogP contribution in [-0.4, -0.2) is 33.4 Å². The molecule has 96 valence electrons. The number of benzene rings is 1. The van der Waals surface area contributed by atoms with Crippen molar-refractivity contribution in [2.75, 3.05) is 0 Å². The van der Waals surface area contributed by atoms with Crippen LogP contribution < -0.4 is 0 Å². The first kappa shape index (κ1) is 13.9. The van der Waals surface area contributed by atoms with Crippen molar-refractivity contribution in [3.05, 3.63) is 48.0 Å². The third-order valence-corrected chi connectivity index (χ3v) is 2.46. The molecule has 1 aromatic carbocycles. The zero-order valence-electron chi connectivity index (χ0n) is 9.56. The summed E-state index contributed by atoms with van der Waals surface area (Å²) in [4.78, 5) is 21.2. The lowest BCUT2D eigenvalue weighted by molar-refractivity contribution is -0.148. The first-order valence-electron chi connectivity index (χ1n) is 5.36. The minimum absolute atomic E-state index is 0.262. The molecule has 0 unspecified atom stereocenters. The molecule has 0 saturated carbocycles. The molecular weight excluding hydrogens is 236 g/mol. The van der Waals surface area contributed by atoms with Gasteiger partial charge in [-0.1, -0.05) is 36.4 Å². The van der Waals surface area contributed by atoms with E-state index in [0.717, 1.165) is 11.6 Å². The molecule has 0 aromatic heterocycles. The summed E-state index contributed by atoms with van der Waals surface area (Å²) in [5, 5.41) is 26.8.